The Balaban J connectivity index is 2.12. The van der Waals surface area contributed by atoms with Gasteiger partial charge in [-0.3, -0.25) is 9.48 Å². The molecule has 5 nitrogen and oxygen atoms in total. The number of carbonyl (C=O) groups is 1. The topological polar surface area (TPSA) is 56.2 Å². The van der Waals surface area contributed by atoms with E-state index in [1.807, 2.05) is 6.92 Å². The van der Waals surface area contributed by atoms with Crippen molar-refractivity contribution in [3.05, 3.63) is 17.5 Å². The molecule has 1 aromatic rings. The quantitative estimate of drug-likeness (QED) is 0.842. The lowest BCUT2D eigenvalue weighted by molar-refractivity contribution is 0.0433. The van der Waals surface area contributed by atoms with Crippen molar-refractivity contribution in [2.24, 2.45) is 7.05 Å². The van der Waals surface area contributed by atoms with E-state index in [0.717, 1.165) is 18.5 Å². The van der Waals surface area contributed by atoms with Gasteiger partial charge in [0.2, 0.25) is 0 Å². The second-order valence-corrected chi connectivity index (χ2v) is 5.05. The molecule has 0 radical (unpaired) electrons. The monoisotopic (exact) mass is 271 g/mol. The highest BCUT2D eigenvalue weighted by Gasteiger charge is 2.34. The van der Waals surface area contributed by atoms with E-state index in [0.29, 0.717) is 24.7 Å². The molecule has 0 aromatic carbocycles. The summed E-state index contributed by atoms with van der Waals surface area (Å²) in [6, 6.07) is 0. The number of nitrogens with one attached hydrogen (secondary N) is 1. The van der Waals surface area contributed by atoms with Gasteiger partial charge in [-0.1, -0.05) is 0 Å². The van der Waals surface area contributed by atoms with E-state index >= 15 is 0 Å². The fourth-order valence-corrected chi connectivity index (χ4v) is 2.52. The summed E-state index contributed by atoms with van der Waals surface area (Å²) in [5.41, 5.74) is 0.986. The molecule has 0 bridgehead atoms. The zero-order chi connectivity index (χ0) is 13.2. The first kappa shape index (κ1) is 13.4. The molecular formula is C12H18ClN3O2. The van der Waals surface area contributed by atoms with Gasteiger partial charge in [0.15, 0.2) is 0 Å². The van der Waals surface area contributed by atoms with Crippen LogP contribution >= 0.6 is 11.6 Å². The smallest absolute Gasteiger partial charge is 0.255 e. The Hall–Kier alpha value is -1.07. The van der Waals surface area contributed by atoms with Crippen LogP contribution in [0.1, 0.15) is 28.9 Å². The Morgan fingerprint density at radius 2 is 2.28 bits per heavy atom. The zero-order valence-corrected chi connectivity index (χ0v) is 11.5. The minimum atomic E-state index is -0.348. The van der Waals surface area contributed by atoms with Crippen molar-refractivity contribution < 1.29 is 9.53 Å². The Bertz CT molecular complexity index is 439. The highest BCUT2D eigenvalue weighted by atomic mass is 35.5. The molecule has 1 aliphatic heterocycles. The van der Waals surface area contributed by atoms with E-state index in [1.165, 1.54) is 0 Å². The largest absolute Gasteiger partial charge is 0.381 e. The van der Waals surface area contributed by atoms with Gasteiger partial charge in [0.25, 0.3) is 5.91 Å². The van der Waals surface area contributed by atoms with Crippen molar-refractivity contribution in [2.45, 2.75) is 25.3 Å². The van der Waals surface area contributed by atoms with Crippen LogP contribution in [-0.4, -0.2) is 40.3 Å². The molecular weight excluding hydrogens is 254 g/mol. The molecule has 0 atom stereocenters. The summed E-state index contributed by atoms with van der Waals surface area (Å²) in [5.74, 6) is 0.296. The molecule has 100 valence electrons. The van der Waals surface area contributed by atoms with Crippen LogP contribution in [0.4, 0.5) is 0 Å². The third kappa shape index (κ3) is 2.67. The Labute approximate surface area is 111 Å². The van der Waals surface area contributed by atoms with Crippen LogP contribution in [0.5, 0.6) is 0 Å². The molecule has 6 heteroatoms. The molecule has 1 N–H and O–H groups in total. The van der Waals surface area contributed by atoms with Crippen molar-refractivity contribution in [3.63, 3.8) is 0 Å². The van der Waals surface area contributed by atoms with Gasteiger partial charge in [-0.25, -0.2) is 0 Å². The van der Waals surface area contributed by atoms with Crippen molar-refractivity contribution >= 4 is 17.5 Å². The molecule has 0 aliphatic carbocycles. The maximum absolute atomic E-state index is 12.2. The Kier molecular flexibility index (Phi) is 3.92. The number of aromatic nitrogens is 2. The summed E-state index contributed by atoms with van der Waals surface area (Å²) in [5, 5.41) is 7.22. The van der Waals surface area contributed by atoms with E-state index in [2.05, 4.69) is 10.4 Å². The van der Waals surface area contributed by atoms with Gasteiger partial charge in [-0.2, -0.15) is 5.10 Å². The second kappa shape index (κ2) is 5.28. The van der Waals surface area contributed by atoms with Crippen LogP contribution in [-0.2, 0) is 11.8 Å². The van der Waals surface area contributed by atoms with Gasteiger partial charge in [-0.15, -0.1) is 11.6 Å². The van der Waals surface area contributed by atoms with Gasteiger partial charge < -0.3 is 10.1 Å². The maximum atomic E-state index is 12.2. The van der Waals surface area contributed by atoms with E-state index in [-0.39, 0.29) is 11.4 Å². The minimum absolute atomic E-state index is 0.108. The van der Waals surface area contributed by atoms with Gasteiger partial charge in [0, 0.05) is 32.3 Å². The van der Waals surface area contributed by atoms with Crippen LogP contribution in [0.25, 0.3) is 0 Å². The van der Waals surface area contributed by atoms with Crippen LogP contribution in [0.3, 0.4) is 0 Å². The molecule has 0 spiro atoms. The third-order valence-electron chi connectivity index (χ3n) is 3.34. The first-order valence-electron chi connectivity index (χ1n) is 6.03. The predicted molar refractivity (Wildman–Crippen MR) is 68.9 cm³/mol. The van der Waals surface area contributed by atoms with E-state index < -0.39 is 0 Å². The van der Waals surface area contributed by atoms with Gasteiger partial charge in [0.05, 0.1) is 16.8 Å². The van der Waals surface area contributed by atoms with Crippen LogP contribution < -0.4 is 5.32 Å². The predicted octanol–water partition coefficient (Wildman–Crippen LogP) is 1.25. The average molecular weight is 272 g/mol. The summed E-state index contributed by atoms with van der Waals surface area (Å²) in [4.78, 5) is 12.2. The van der Waals surface area contributed by atoms with Crippen LogP contribution in [0, 0.1) is 6.92 Å². The van der Waals surface area contributed by atoms with Crippen molar-refractivity contribution in [1.82, 2.24) is 15.1 Å². The maximum Gasteiger partial charge on any atom is 0.255 e. The first-order valence-corrected chi connectivity index (χ1v) is 6.56. The highest BCUT2D eigenvalue weighted by molar-refractivity contribution is 6.19. The van der Waals surface area contributed by atoms with Crippen LogP contribution in [0.15, 0.2) is 6.20 Å². The highest BCUT2D eigenvalue weighted by Crippen LogP contribution is 2.23. The van der Waals surface area contributed by atoms with E-state index in [1.54, 1.807) is 17.9 Å². The fourth-order valence-electron chi connectivity index (χ4n) is 2.18. The lowest BCUT2D eigenvalue weighted by Gasteiger charge is -2.36. The number of nitrogens with zero attached hydrogens (tertiary/aromatic N) is 2. The van der Waals surface area contributed by atoms with Gasteiger partial charge in [-0.05, 0) is 19.8 Å². The molecule has 2 rings (SSSR count). The number of alkyl halides is 1. The first-order chi connectivity index (χ1) is 8.56. The van der Waals surface area contributed by atoms with Crippen LogP contribution in [0.2, 0.25) is 0 Å². The molecule has 1 fully saturated rings. The van der Waals surface area contributed by atoms with Crippen molar-refractivity contribution in [3.8, 4) is 0 Å². The lowest BCUT2D eigenvalue weighted by Crippen LogP contribution is -2.53. The Morgan fingerprint density at radius 1 is 1.61 bits per heavy atom. The molecule has 2 heterocycles. The third-order valence-corrected chi connectivity index (χ3v) is 3.85. The standard InChI is InChI=1S/C12H18ClN3O2/c1-9-10(7-16(2)15-9)11(17)14-12(8-13)3-5-18-6-4-12/h7H,3-6,8H2,1-2H3,(H,14,17). The number of rotatable bonds is 3. The number of aryl methyl sites for hydroxylation is 2. The lowest BCUT2D eigenvalue weighted by atomic mass is 9.92. The summed E-state index contributed by atoms with van der Waals surface area (Å²) in [6.45, 7) is 3.10. The average Bonchev–Trinajstić information content (AvgIpc) is 2.70. The molecule has 0 saturated carbocycles. The fraction of sp³-hybridized carbons (Fsp3) is 0.667. The van der Waals surface area contributed by atoms with Gasteiger partial charge in [0.1, 0.15) is 0 Å². The summed E-state index contributed by atoms with van der Waals surface area (Å²) < 4.78 is 6.96. The number of halogens is 1. The molecule has 18 heavy (non-hydrogen) atoms. The van der Waals surface area contributed by atoms with E-state index in [9.17, 15) is 4.79 Å². The summed E-state index contributed by atoms with van der Waals surface area (Å²) >= 11 is 6.02. The molecule has 1 aliphatic rings. The van der Waals surface area contributed by atoms with Crippen molar-refractivity contribution in [1.29, 1.82) is 0 Å². The molecule has 1 aromatic heterocycles. The summed E-state index contributed by atoms with van der Waals surface area (Å²) in [7, 11) is 1.80. The number of ether oxygens (including phenoxy) is 1. The SMILES string of the molecule is Cc1nn(C)cc1C(=O)NC1(CCl)CCOCC1. The number of carbonyl (C=O) groups excluding carboxylic acids is 1. The zero-order valence-electron chi connectivity index (χ0n) is 10.7. The molecule has 1 saturated heterocycles. The van der Waals surface area contributed by atoms with Gasteiger partial charge >= 0.3 is 0 Å². The second-order valence-electron chi connectivity index (χ2n) is 4.78. The normalized spacial score (nSPS) is 18.6. The molecule has 1 amide bonds. The van der Waals surface area contributed by atoms with Crippen molar-refractivity contribution in [2.75, 3.05) is 19.1 Å². The molecule has 0 unspecified atom stereocenters. The number of hydrogen-bond donors (Lipinski definition) is 1. The minimum Gasteiger partial charge on any atom is -0.381 e. The number of amides is 1. The summed E-state index contributed by atoms with van der Waals surface area (Å²) in [6.07, 6.45) is 3.23. The van der Waals surface area contributed by atoms with E-state index in [4.69, 9.17) is 16.3 Å². The Morgan fingerprint density at radius 3 is 2.78 bits per heavy atom. The number of hydrogen-bond acceptors (Lipinski definition) is 3.